The van der Waals surface area contributed by atoms with Crippen LogP contribution in [0.15, 0.2) is 35.1 Å². The average Bonchev–Trinajstić information content (AvgIpc) is 2.95. The second-order valence-electron chi connectivity index (χ2n) is 5.46. The van der Waals surface area contributed by atoms with Crippen molar-refractivity contribution in [3.63, 3.8) is 0 Å². The Balaban J connectivity index is 1.80. The van der Waals surface area contributed by atoms with E-state index < -0.39 is 0 Å². The predicted molar refractivity (Wildman–Crippen MR) is 100 cm³/mol. The highest BCUT2D eigenvalue weighted by atomic mass is 35.5. The van der Waals surface area contributed by atoms with Crippen LogP contribution in [0.5, 0.6) is 11.5 Å². The van der Waals surface area contributed by atoms with Crippen molar-refractivity contribution in [2.24, 2.45) is 0 Å². The van der Waals surface area contributed by atoms with Gasteiger partial charge in [-0.3, -0.25) is 0 Å². The smallest absolute Gasteiger partial charge is 0.323 e. The number of anilines is 1. The molecule has 0 aliphatic heterocycles. The molecule has 1 heterocycles. The van der Waals surface area contributed by atoms with Crippen LogP contribution < -0.4 is 20.5 Å². The lowest BCUT2D eigenvalue weighted by Crippen LogP contribution is -2.03. The second-order valence-corrected chi connectivity index (χ2v) is 5.87. The summed E-state index contributed by atoms with van der Waals surface area (Å²) in [5.41, 5.74) is 3.19. The van der Waals surface area contributed by atoms with E-state index in [0.29, 0.717) is 36.3 Å². The number of ether oxygens (including phenoxy) is 2. The molecular weight excluding hydrogens is 342 g/mol. The fraction of sp³-hybridized carbons (Fsp3) is 0.278. The van der Waals surface area contributed by atoms with Crippen molar-refractivity contribution in [2.45, 2.75) is 20.4 Å². The fourth-order valence-corrected chi connectivity index (χ4v) is 2.91. The van der Waals surface area contributed by atoms with Gasteiger partial charge in [-0.25, -0.2) is 4.79 Å². The third kappa shape index (κ3) is 3.91. The minimum Gasteiger partial charge on any atom is -0.490 e. The van der Waals surface area contributed by atoms with E-state index in [2.05, 4.69) is 15.3 Å². The Morgan fingerprint density at radius 1 is 1.04 bits per heavy atom. The first-order chi connectivity index (χ1) is 12.1. The van der Waals surface area contributed by atoms with E-state index in [9.17, 15) is 4.79 Å². The largest absolute Gasteiger partial charge is 0.490 e. The highest BCUT2D eigenvalue weighted by molar-refractivity contribution is 6.32. The van der Waals surface area contributed by atoms with Crippen LogP contribution in [-0.4, -0.2) is 23.2 Å². The maximum Gasteiger partial charge on any atom is 0.323 e. The third-order valence-electron chi connectivity index (χ3n) is 3.67. The SMILES string of the molecule is CCOc1cc(CNc2ccc3[nH]c(=O)[nH]c3c2)cc(Cl)c1OCC. The molecule has 0 radical (unpaired) electrons. The molecule has 0 atom stereocenters. The maximum atomic E-state index is 11.3. The number of hydrogen-bond donors (Lipinski definition) is 3. The summed E-state index contributed by atoms with van der Waals surface area (Å²) < 4.78 is 11.2. The quantitative estimate of drug-likeness (QED) is 0.596. The molecule has 0 spiro atoms. The minimum atomic E-state index is -0.216. The first kappa shape index (κ1) is 17.2. The van der Waals surface area contributed by atoms with Gasteiger partial charge < -0.3 is 24.8 Å². The summed E-state index contributed by atoms with van der Waals surface area (Å²) in [4.78, 5) is 16.8. The van der Waals surface area contributed by atoms with E-state index in [1.807, 2.05) is 44.2 Å². The van der Waals surface area contributed by atoms with E-state index in [1.54, 1.807) is 0 Å². The summed E-state index contributed by atoms with van der Waals surface area (Å²) in [6, 6.07) is 9.42. The van der Waals surface area contributed by atoms with Crippen molar-refractivity contribution in [3.05, 3.63) is 51.4 Å². The van der Waals surface area contributed by atoms with E-state index in [1.165, 1.54) is 0 Å². The van der Waals surface area contributed by atoms with Crippen LogP contribution in [-0.2, 0) is 6.54 Å². The van der Waals surface area contributed by atoms with Gasteiger partial charge in [-0.05, 0) is 49.7 Å². The molecule has 3 aromatic rings. The topological polar surface area (TPSA) is 79.1 Å². The molecule has 0 saturated heterocycles. The number of rotatable bonds is 7. The number of aromatic amines is 2. The van der Waals surface area contributed by atoms with Crippen LogP contribution >= 0.6 is 11.6 Å². The molecule has 0 aliphatic carbocycles. The van der Waals surface area contributed by atoms with Crippen LogP contribution in [0.1, 0.15) is 19.4 Å². The van der Waals surface area contributed by atoms with E-state index in [4.69, 9.17) is 21.1 Å². The highest BCUT2D eigenvalue weighted by Crippen LogP contribution is 2.36. The normalized spacial score (nSPS) is 10.8. The van der Waals surface area contributed by atoms with Gasteiger partial charge in [0.05, 0.1) is 29.3 Å². The molecule has 1 aromatic heterocycles. The predicted octanol–water partition coefficient (Wildman–Crippen LogP) is 3.92. The molecular formula is C18H20ClN3O3. The van der Waals surface area contributed by atoms with Crippen molar-refractivity contribution >= 4 is 28.3 Å². The zero-order valence-electron chi connectivity index (χ0n) is 14.1. The molecule has 6 nitrogen and oxygen atoms in total. The minimum absolute atomic E-state index is 0.216. The number of benzene rings is 2. The van der Waals surface area contributed by atoms with Gasteiger partial charge in [0.25, 0.3) is 0 Å². The molecule has 0 unspecified atom stereocenters. The summed E-state index contributed by atoms with van der Waals surface area (Å²) >= 11 is 6.34. The number of hydrogen-bond acceptors (Lipinski definition) is 4. The Morgan fingerprint density at radius 3 is 2.56 bits per heavy atom. The molecule has 0 aliphatic rings. The molecule has 3 N–H and O–H groups in total. The van der Waals surface area contributed by atoms with Gasteiger partial charge in [0.1, 0.15) is 0 Å². The Bertz CT molecular complexity index is 933. The molecule has 0 bridgehead atoms. The van der Waals surface area contributed by atoms with Crippen LogP contribution in [0.4, 0.5) is 5.69 Å². The lowest BCUT2D eigenvalue weighted by atomic mass is 10.2. The summed E-state index contributed by atoms with van der Waals surface area (Å²) in [5, 5.41) is 3.84. The van der Waals surface area contributed by atoms with Gasteiger partial charge in [-0.15, -0.1) is 0 Å². The number of halogens is 1. The van der Waals surface area contributed by atoms with E-state index >= 15 is 0 Å². The Morgan fingerprint density at radius 2 is 1.80 bits per heavy atom. The molecule has 7 heteroatoms. The average molecular weight is 362 g/mol. The monoisotopic (exact) mass is 361 g/mol. The first-order valence-corrected chi connectivity index (χ1v) is 8.52. The molecule has 2 aromatic carbocycles. The van der Waals surface area contributed by atoms with Crippen molar-refractivity contribution in [1.29, 1.82) is 0 Å². The lowest BCUT2D eigenvalue weighted by Gasteiger charge is -2.15. The summed E-state index contributed by atoms with van der Waals surface area (Å²) in [7, 11) is 0. The van der Waals surface area contributed by atoms with Crippen molar-refractivity contribution in [2.75, 3.05) is 18.5 Å². The Kier molecular flexibility index (Phi) is 5.19. The van der Waals surface area contributed by atoms with Gasteiger partial charge >= 0.3 is 5.69 Å². The highest BCUT2D eigenvalue weighted by Gasteiger charge is 2.12. The van der Waals surface area contributed by atoms with Gasteiger partial charge in [-0.1, -0.05) is 11.6 Å². The molecule has 3 rings (SSSR count). The molecule has 25 heavy (non-hydrogen) atoms. The van der Waals surface area contributed by atoms with Crippen LogP contribution in [0, 0.1) is 0 Å². The molecule has 0 fully saturated rings. The van der Waals surface area contributed by atoms with Gasteiger partial charge in [-0.2, -0.15) is 0 Å². The van der Waals surface area contributed by atoms with Gasteiger partial charge in [0.2, 0.25) is 0 Å². The van der Waals surface area contributed by atoms with Crippen LogP contribution in [0.2, 0.25) is 5.02 Å². The van der Waals surface area contributed by atoms with Gasteiger partial charge in [0.15, 0.2) is 11.5 Å². The zero-order valence-corrected chi connectivity index (χ0v) is 14.9. The van der Waals surface area contributed by atoms with Crippen molar-refractivity contribution < 1.29 is 9.47 Å². The van der Waals surface area contributed by atoms with Crippen LogP contribution in [0.3, 0.4) is 0 Å². The fourth-order valence-electron chi connectivity index (χ4n) is 2.62. The summed E-state index contributed by atoms with van der Waals surface area (Å²) in [6.07, 6.45) is 0. The van der Waals surface area contributed by atoms with E-state index in [0.717, 1.165) is 22.3 Å². The third-order valence-corrected chi connectivity index (χ3v) is 3.95. The van der Waals surface area contributed by atoms with Crippen molar-refractivity contribution in [3.8, 4) is 11.5 Å². The summed E-state index contributed by atoms with van der Waals surface area (Å²) in [6.45, 7) is 5.44. The number of imidazole rings is 1. The van der Waals surface area contributed by atoms with Crippen LogP contribution in [0.25, 0.3) is 11.0 Å². The molecule has 132 valence electrons. The van der Waals surface area contributed by atoms with E-state index in [-0.39, 0.29) is 5.69 Å². The maximum absolute atomic E-state index is 11.3. The summed E-state index contributed by atoms with van der Waals surface area (Å²) in [5.74, 6) is 1.21. The van der Waals surface area contributed by atoms with Crippen molar-refractivity contribution in [1.82, 2.24) is 9.97 Å². The second kappa shape index (κ2) is 7.53. The zero-order chi connectivity index (χ0) is 17.8. The van der Waals surface area contributed by atoms with Gasteiger partial charge in [0, 0.05) is 12.2 Å². The Labute approximate surface area is 150 Å². The Hall–Kier alpha value is -2.60. The lowest BCUT2D eigenvalue weighted by molar-refractivity contribution is 0.287. The molecule has 0 amide bonds. The number of H-pyrrole nitrogens is 2. The number of aromatic nitrogens is 2. The standard InChI is InChI=1S/C18H20ClN3O3/c1-3-24-16-8-11(7-13(19)17(16)25-4-2)10-20-12-5-6-14-15(9-12)22-18(23)21-14/h5-9,20H,3-4,10H2,1-2H3,(H2,21,22,23). The number of nitrogens with one attached hydrogen (secondary N) is 3. The number of fused-ring (bicyclic) bond motifs is 1. The molecule has 0 saturated carbocycles. The first-order valence-electron chi connectivity index (χ1n) is 8.14.